The molecule has 0 aliphatic rings. The van der Waals surface area contributed by atoms with Gasteiger partial charge in [-0.1, -0.05) is 48.5 Å². The van der Waals surface area contributed by atoms with Crippen LogP contribution < -0.4 is 5.32 Å². The average Bonchev–Trinajstić information content (AvgIpc) is 2.45. The zero-order chi connectivity index (χ0) is 14.5. The van der Waals surface area contributed by atoms with Crippen LogP contribution in [0.5, 0.6) is 0 Å². The monoisotopic (exact) mass is 269 g/mol. The Balaban J connectivity index is 2.24. The Hall–Kier alpha value is -2.62. The van der Waals surface area contributed by atoms with Gasteiger partial charge < -0.3 is 10.4 Å². The van der Waals surface area contributed by atoms with Crippen molar-refractivity contribution in [3.8, 4) is 0 Å². The Morgan fingerprint density at radius 3 is 2.20 bits per heavy atom. The summed E-state index contributed by atoms with van der Waals surface area (Å²) in [5, 5.41) is 11.8. The molecule has 0 saturated heterocycles. The fourth-order valence-electron chi connectivity index (χ4n) is 1.97. The Morgan fingerprint density at radius 1 is 1.00 bits per heavy atom. The second-order valence-corrected chi connectivity index (χ2v) is 4.47. The van der Waals surface area contributed by atoms with Gasteiger partial charge >= 0.3 is 5.97 Å². The molecule has 0 aliphatic heterocycles. The number of rotatable bonds is 4. The number of benzene rings is 2. The summed E-state index contributed by atoms with van der Waals surface area (Å²) in [7, 11) is 0. The van der Waals surface area contributed by atoms with E-state index in [1.165, 1.54) is 0 Å². The lowest BCUT2D eigenvalue weighted by molar-refractivity contribution is -0.139. The molecular formula is C16H15NO3. The molecule has 2 N–H and O–H groups in total. The van der Waals surface area contributed by atoms with Gasteiger partial charge in [0.2, 0.25) is 0 Å². The van der Waals surface area contributed by atoms with E-state index in [0.717, 1.165) is 5.56 Å². The van der Waals surface area contributed by atoms with Gasteiger partial charge in [0.25, 0.3) is 5.91 Å². The van der Waals surface area contributed by atoms with Crippen LogP contribution in [0.1, 0.15) is 27.5 Å². The number of carbonyl (C=O) groups excluding carboxylic acids is 1. The van der Waals surface area contributed by atoms with Gasteiger partial charge in [0, 0.05) is 5.56 Å². The molecule has 0 spiro atoms. The topological polar surface area (TPSA) is 66.4 Å². The molecule has 2 aromatic carbocycles. The number of hydrogen-bond acceptors (Lipinski definition) is 2. The van der Waals surface area contributed by atoms with Gasteiger partial charge in [0.15, 0.2) is 6.04 Å². The van der Waals surface area contributed by atoms with E-state index in [4.69, 9.17) is 0 Å². The lowest BCUT2D eigenvalue weighted by Crippen LogP contribution is -2.34. The fraction of sp³-hybridized carbons (Fsp3) is 0.125. The third-order valence-corrected chi connectivity index (χ3v) is 3.04. The fourth-order valence-corrected chi connectivity index (χ4v) is 1.97. The van der Waals surface area contributed by atoms with E-state index in [1.807, 2.05) is 19.1 Å². The molecule has 0 bridgehead atoms. The molecule has 4 heteroatoms. The molecular weight excluding hydrogens is 254 g/mol. The Labute approximate surface area is 117 Å². The highest BCUT2D eigenvalue weighted by atomic mass is 16.4. The van der Waals surface area contributed by atoms with E-state index in [2.05, 4.69) is 5.32 Å². The van der Waals surface area contributed by atoms with Crippen molar-refractivity contribution >= 4 is 11.9 Å². The van der Waals surface area contributed by atoms with Gasteiger partial charge in [-0.05, 0) is 24.1 Å². The predicted molar refractivity (Wildman–Crippen MR) is 75.5 cm³/mol. The number of nitrogens with one attached hydrogen (secondary N) is 1. The number of amides is 1. The van der Waals surface area contributed by atoms with Crippen molar-refractivity contribution in [1.82, 2.24) is 5.32 Å². The van der Waals surface area contributed by atoms with E-state index in [-0.39, 0.29) is 5.91 Å². The molecule has 0 fully saturated rings. The Kier molecular flexibility index (Phi) is 4.15. The zero-order valence-electron chi connectivity index (χ0n) is 11.0. The van der Waals surface area contributed by atoms with Gasteiger partial charge in [0.05, 0.1) is 0 Å². The van der Waals surface area contributed by atoms with Crippen molar-refractivity contribution in [2.45, 2.75) is 13.0 Å². The molecule has 20 heavy (non-hydrogen) atoms. The lowest BCUT2D eigenvalue weighted by atomic mass is 10.0. The summed E-state index contributed by atoms with van der Waals surface area (Å²) in [5.74, 6) is -1.47. The molecule has 0 aromatic heterocycles. The van der Waals surface area contributed by atoms with Crippen LogP contribution in [0.4, 0.5) is 0 Å². The number of aliphatic carboxylic acids is 1. The van der Waals surface area contributed by atoms with Crippen LogP contribution in [0.3, 0.4) is 0 Å². The minimum Gasteiger partial charge on any atom is -0.479 e. The molecule has 0 unspecified atom stereocenters. The van der Waals surface area contributed by atoms with Gasteiger partial charge in [-0.15, -0.1) is 0 Å². The Morgan fingerprint density at radius 2 is 1.60 bits per heavy atom. The summed E-state index contributed by atoms with van der Waals surface area (Å²) in [6.07, 6.45) is 0. The number of carboxylic acids is 1. The van der Waals surface area contributed by atoms with Crippen LogP contribution in [0.25, 0.3) is 0 Å². The first-order valence-corrected chi connectivity index (χ1v) is 6.24. The molecule has 102 valence electrons. The quantitative estimate of drug-likeness (QED) is 0.896. The summed E-state index contributed by atoms with van der Waals surface area (Å²) in [6, 6.07) is 14.7. The van der Waals surface area contributed by atoms with Crippen molar-refractivity contribution < 1.29 is 14.7 Å². The molecule has 4 nitrogen and oxygen atoms in total. The number of aryl methyl sites for hydroxylation is 1. The van der Waals surface area contributed by atoms with Crippen LogP contribution in [0.15, 0.2) is 54.6 Å². The van der Waals surface area contributed by atoms with Crippen LogP contribution in [0, 0.1) is 6.92 Å². The van der Waals surface area contributed by atoms with Crippen molar-refractivity contribution in [2.75, 3.05) is 0 Å². The van der Waals surface area contributed by atoms with Crippen LogP contribution in [-0.4, -0.2) is 17.0 Å². The van der Waals surface area contributed by atoms with Crippen LogP contribution >= 0.6 is 0 Å². The van der Waals surface area contributed by atoms with Crippen molar-refractivity contribution in [3.05, 3.63) is 71.3 Å². The maximum Gasteiger partial charge on any atom is 0.330 e. The standard InChI is InChI=1S/C16H15NO3/c1-11-7-5-6-10-13(11)15(18)17-14(16(19)20)12-8-3-2-4-9-12/h2-10,14H,1H3,(H,17,18)(H,19,20)/t14-/m1/s1. The lowest BCUT2D eigenvalue weighted by Gasteiger charge is -2.15. The normalized spacial score (nSPS) is 11.7. The summed E-state index contributed by atoms with van der Waals surface area (Å²) >= 11 is 0. The number of carboxylic acid groups (broad SMARTS) is 1. The second kappa shape index (κ2) is 6.02. The van der Waals surface area contributed by atoms with Gasteiger partial charge in [-0.25, -0.2) is 4.79 Å². The predicted octanol–water partition coefficient (Wildman–Crippen LogP) is 2.55. The third-order valence-electron chi connectivity index (χ3n) is 3.04. The number of carbonyl (C=O) groups is 2. The van der Waals surface area contributed by atoms with E-state index < -0.39 is 12.0 Å². The van der Waals surface area contributed by atoms with Gasteiger partial charge in [-0.2, -0.15) is 0 Å². The maximum absolute atomic E-state index is 12.2. The average molecular weight is 269 g/mol. The molecule has 2 aromatic rings. The Bertz CT molecular complexity index is 623. The maximum atomic E-state index is 12.2. The first-order chi connectivity index (χ1) is 9.59. The molecule has 2 rings (SSSR count). The van der Waals surface area contributed by atoms with Crippen molar-refractivity contribution in [3.63, 3.8) is 0 Å². The summed E-state index contributed by atoms with van der Waals surface area (Å²) < 4.78 is 0. The van der Waals surface area contributed by atoms with Crippen molar-refractivity contribution in [1.29, 1.82) is 0 Å². The van der Waals surface area contributed by atoms with E-state index in [1.54, 1.807) is 42.5 Å². The van der Waals surface area contributed by atoms with E-state index in [0.29, 0.717) is 11.1 Å². The van der Waals surface area contributed by atoms with Gasteiger partial charge in [-0.3, -0.25) is 4.79 Å². The summed E-state index contributed by atoms with van der Waals surface area (Å²) in [6.45, 7) is 1.81. The van der Waals surface area contributed by atoms with Crippen molar-refractivity contribution in [2.24, 2.45) is 0 Å². The van der Waals surface area contributed by atoms with E-state index >= 15 is 0 Å². The minimum atomic E-state index is -1.09. The first kappa shape index (κ1) is 13.8. The molecule has 0 heterocycles. The van der Waals surface area contributed by atoms with Crippen LogP contribution in [0.2, 0.25) is 0 Å². The summed E-state index contributed by atoms with van der Waals surface area (Å²) in [5.41, 5.74) is 1.83. The molecule has 0 aliphatic carbocycles. The molecule has 1 atom stereocenters. The molecule has 1 amide bonds. The smallest absolute Gasteiger partial charge is 0.330 e. The SMILES string of the molecule is Cc1ccccc1C(=O)N[C@@H](C(=O)O)c1ccccc1. The zero-order valence-corrected chi connectivity index (χ0v) is 11.0. The summed E-state index contributed by atoms with van der Waals surface area (Å²) in [4.78, 5) is 23.5. The highest BCUT2D eigenvalue weighted by Crippen LogP contribution is 2.15. The minimum absolute atomic E-state index is 0.389. The molecule has 0 saturated carbocycles. The van der Waals surface area contributed by atoms with Gasteiger partial charge in [0.1, 0.15) is 0 Å². The van der Waals surface area contributed by atoms with Crippen LogP contribution in [-0.2, 0) is 4.79 Å². The number of hydrogen-bond donors (Lipinski definition) is 2. The largest absolute Gasteiger partial charge is 0.479 e. The third kappa shape index (κ3) is 3.03. The highest BCUT2D eigenvalue weighted by molar-refractivity contribution is 5.98. The molecule has 0 radical (unpaired) electrons. The first-order valence-electron chi connectivity index (χ1n) is 6.24. The second-order valence-electron chi connectivity index (χ2n) is 4.47. The van der Waals surface area contributed by atoms with E-state index in [9.17, 15) is 14.7 Å². The highest BCUT2D eigenvalue weighted by Gasteiger charge is 2.22.